The van der Waals surface area contributed by atoms with Gasteiger partial charge < -0.3 is 4.90 Å². The van der Waals surface area contributed by atoms with E-state index in [-0.39, 0.29) is 17.7 Å². The van der Waals surface area contributed by atoms with Gasteiger partial charge in [0.05, 0.1) is 0 Å². The fourth-order valence-electron chi connectivity index (χ4n) is 5.98. The Labute approximate surface area is 114 Å². The Morgan fingerprint density at radius 2 is 1.58 bits per heavy atom. The van der Waals surface area contributed by atoms with Crippen molar-refractivity contribution in [1.29, 1.82) is 0 Å². The molecule has 0 radical (unpaired) electrons. The van der Waals surface area contributed by atoms with Gasteiger partial charge in [-0.1, -0.05) is 0 Å². The van der Waals surface area contributed by atoms with Gasteiger partial charge in [0.15, 0.2) is 0 Å². The second kappa shape index (κ2) is 3.83. The molecule has 1 aliphatic heterocycles. The van der Waals surface area contributed by atoms with Gasteiger partial charge in [-0.25, -0.2) is 0 Å². The van der Waals surface area contributed by atoms with Crippen LogP contribution in [0, 0.1) is 23.2 Å². The third-order valence-corrected chi connectivity index (χ3v) is 6.52. The number of ketones is 1. The number of rotatable bonds is 2. The quantitative estimate of drug-likeness (QED) is 0.716. The molecule has 3 heteroatoms. The highest BCUT2D eigenvalue weighted by Crippen LogP contribution is 2.62. The number of carbonyl (C=O) groups is 2. The predicted molar refractivity (Wildman–Crippen MR) is 71.4 cm³/mol. The van der Waals surface area contributed by atoms with Crippen LogP contribution in [-0.4, -0.2) is 29.2 Å². The summed E-state index contributed by atoms with van der Waals surface area (Å²) in [6, 6.07) is 0.278. The van der Waals surface area contributed by atoms with Gasteiger partial charge >= 0.3 is 0 Å². The van der Waals surface area contributed by atoms with Crippen LogP contribution in [0.15, 0.2) is 0 Å². The molecule has 0 aromatic heterocycles. The number of Topliss-reactive ketones (excluding diaryl/α,β-unsaturated/α-hetero) is 1. The van der Waals surface area contributed by atoms with Crippen LogP contribution in [0.3, 0.4) is 0 Å². The van der Waals surface area contributed by atoms with Crippen LogP contribution in [0.2, 0.25) is 0 Å². The van der Waals surface area contributed by atoms with Crippen molar-refractivity contribution in [3.63, 3.8) is 0 Å². The van der Waals surface area contributed by atoms with Crippen LogP contribution in [0.4, 0.5) is 0 Å². The first kappa shape index (κ1) is 11.9. The molecule has 5 rings (SSSR count). The summed E-state index contributed by atoms with van der Waals surface area (Å²) in [6.07, 6.45) is 8.64. The average Bonchev–Trinajstić information content (AvgIpc) is 2.67. The van der Waals surface area contributed by atoms with Crippen molar-refractivity contribution in [1.82, 2.24) is 4.90 Å². The fourth-order valence-corrected chi connectivity index (χ4v) is 5.98. The highest BCUT2D eigenvalue weighted by atomic mass is 16.2. The van der Waals surface area contributed by atoms with Gasteiger partial charge in [-0.15, -0.1) is 0 Å². The van der Waals surface area contributed by atoms with Crippen LogP contribution in [0.25, 0.3) is 0 Å². The summed E-state index contributed by atoms with van der Waals surface area (Å²) < 4.78 is 0. The minimum Gasteiger partial charge on any atom is -0.332 e. The van der Waals surface area contributed by atoms with E-state index in [0.29, 0.717) is 18.4 Å². The predicted octanol–water partition coefficient (Wildman–Crippen LogP) is 2.39. The smallest absolute Gasteiger partial charge is 0.290 e. The number of hydrogen-bond acceptors (Lipinski definition) is 2. The summed E-state index contributed by atoms with van der Waals surface area (Å²) >= 11 is 0. The molecule has 5 aliphatic rings. The van der Waals surface area contributed by atoms with E-state index in [1.165, 1.54) is 38.5 Å². The first-order chi connectivity index (χ1) is 9.07. The maximum absolute atomic E-state index is 12.0. The molecule has 104 valence electrons. The molecular formula is C16H23NO2. The highest BCUT2D eigenvalue weighted by Gasteiger charge is 2.55. The molecule has 1 saturated heterocycles. The summed E-state index contributed by atoms with van der Waals surface area (Å²) in [7, 11) is 0. The minimum atomic E-state index is -0.205. The first-order valence-corrected chi connectivity index (χ1v) is 7.91. The van der Waals surface area contributed by atoms with Crippen LogP contribution in [0.5, 0.6) is 0 Å². The van der Waals surface area contributed by atoms with Crippen LogP contribution in [-0.2, 0) is 9.59 Å². The molecule has 0 spiro atoms. The monoisotopic (exact) mass is 261 g/mol. The Kier molecular flexibility index (Phi) is 2.40. The average molecular weight is 261 g/mol. The van der Waals surface area contributed by atoms with Crippen molar-refractivity contribution >= 4 is 11.7 Å². The highest BCUT2D eigenvalue weighted by molar-refractivity contribution is 6.37. The molecular weight excluding hydrogens is 238 g/mol. The molecule has 1 amide bonds. The van der Waals surface area contributed by atoms with E-state index in [2.05, 4.69) is 6.92 Å². The summed E-state index contributed by atoms with van der Waals surface area (Å²) in [5.74, 6) is 2.34. The Morgan fingerprint density at radius 3 is 2.00 bits per heavy atom. The van der Waals surface area contributed by atoms with Gasteiger partial charge in [0.1, 0.15) is 0 Å². The second-order valence-electron chi connectivity index (χ2n) is 7.63. The van der Waals surface area contributed by atoms with Gasteiger partial charge in [-0.05, 0) is 68.6 Å². The molecule has 5 fully saturated rings. The van der Waals surface area contributed by atoms with Crippen LogP contribution < -0.4 is 0 Å². The molecule has 3 nitrogen and oxygen atoms in total. The summed E-state index contributed by atoms with van der Waals surface area (Å²) in [5.41, 5.74) is 0.342. The first-order valence-electron chi connectivity index (χ1n) is 7.91. The van der Waals surface area contributed by atoms with Crippen LogP contribution in [0.1, 0.15) is 51.9 Å². The van der Waals surface area contributed by atoms with E-state index in [4.69, 9.17) is 0 Å². The maximum atomic E-state index is 12.0. The lowest BCUT2D eigenvalue weighted by atomic mass is 9.47. The normalized spacial score (nSPS) is 46.2. The molecule has 0 N–H and O–H groups in total. The van der Waals surface area contributed by atoms with E-state index >= 15 is 0 Å². The van der Waals surface area contributed by atoms with E-state index in [0.717, 1.165) is 17.8 Å². The summed E-state index contributed by atoms with van der Waals surface area (Å²) in [4.78, 5) is 25.4. The van der Waals surface area contributed by atoms with Gasteiger partial charge in [-0.3, -0.25) is 9.59 Å². The SMILES string of the molecule is CC(N1CCC(=O)C1=O)C12CC3CC(CC(C3)C1)C2. The fraction of sp³-hybridized carbons (Fsp3) is 0.875. The van der Waals surface area contributed by atoms with Crippen molar-refractivity contribution in [2.24, 2.45) is 23.2 Å². The van der Waals surface area contributed by atoms with Crippen molar-refractivity contribution in [3.05, 3.63) is 0 Å². The van der Waals surface area contributed by atoms with E-state index in [9.17, 15) is 9.59 Å². The van der Waals surface area contributed by atoms with Crippen molar-refractivity contribution in [3.8, 4) is 0 Å². The van der Waals surface area contributed by atoms with E-state index in [1.807, 2.05) is 4.90 Å². The van der Waals surface area contributed by atoms with Crippen molar-refractivity contribution in [2.75, 3.05) is 6.54 Å². The van der Waals surface area contributed by atoms with Gasteiger partial charge in [-0.2, -0.15) is 0 Å². The molecule has 0 aromatic carbocycles. The lowest BCUT2D eigenvalue weighted by Gasteiger charge is -2.60. The van der Waals surface area contributed by atoms with Gasteiger partial charge in [0.2, 0.25) is 5.78 Å². The molecule has 0 aromatic rings. The number of hydrogen-bond donors (Lipinski definition) is 0. The molecule has 4 saturated carbocycles. The topological polar surface area (TPSA) is 37.4 Å². The summed E-state index contributed by atoms with van der Waals surface area (Å²) in [6.45, 7) is 2.88. The minimum absolute atomic E-state index is 0.170. The maximum Gasteiger partial charge on any atom is 0.290 e. The van der Waals surface area contributed by atoms with Gasteiger partial charge in [0, 0.05) is 19.0 Å². The number of carbonyl (C=O) groups excluding carboxylic acids is 2. The zero-order valence-electron chi connectivity index (χ0n) is 11.7. The molecule has 19 heavy (non-hydrogen) atoms. The number of likely N-dealkylation sites (tertiary alicyclic amines) is 1. The standard InChI is InChI=1S/C16H23NO2/c1-10(17-3-2-14(18)15(17)19)16-7-11-4-12(8-16)6-13(5-11)9-16/h10-13H,2-9H2,1H3. The third kappa shape index (κ3) is 1.63. The molecule has 1 unspecified atom stereocenters. The zero-order chi connectivity index (χ0) is 13.2. The number of nitrogens with zero attached hydrogens (tertiary/aromatic N) is 1. The number of amides is 1. The Hall–Kier alpha value is -0.860. The Morgan fingerprint density at radius 1 is 1.05 bits per heavy atom. The Bertz CT molecular complexity index is 407. The van der Waals surface area contributed by atoms with Gasteiger partial charge in [0.25, 0.3) is 5.91 Å². The molecule has 4 aliphatic carbocycles. The Balaban J connectivity index is 1.61. The van der Waals surface area contributed by atoms with E-state index < -0.39 is 0 Å². The van der Waals surface area contributed by atoms with Crippen molar-refractivity contribution < 1.29 is 9.59 Å². The molecule has 1 atom stereocenters. The third-order valence-electron chi connectivity index (χ3n) is 6.52. The van der Waals surface area contributed by atoms with Crippen LogP contribution >= 0.6 is 0 Å². The largest absolute Gasteiger partial charge is 0.332 e. The lowest BCUT2D eigenvalue weighted by Crippen LogP contribution is -2.56. The van der Waals surface area contributed by atoms with E-state index in [1.54, 1.807) is 0 Å². The lowest BCUT2D eigenvalue weighted by molar-refractivity contribution is -0.147. The zero-order valence-corrected chi connectivity index (χ0v) is 11.7. The van der Waals surface area contributed by atoms with Crippen molar-refractivity contribution in [2.45, 2.75) is 57.9 Å². The second-order valence-corrected chi connectivity index (χ2v) is 7.63. The molecule has 4 bridgehead atoms. The molecule has 1 heterocycles. The summed E-state index contributed by atoms with van der Waals surface area (Å²) in [5, 5.41) is 0.